The van der Waals surface area contributed by atoms with Gasteiger partial charge in [0, 0.05) is 5.54 Å². The molecule has 1 saturated carbocycles. The number of nitrogens with zero attached hydrogens (tertiary/aromatic N) is 1. The number of fused-ring (bicyclic) bond motifs is 1. The Morgan fingerprint density at radius 3 is 2.89 bits per heavy atom. The quantitative estimate of drug-likeness (QED) is 0.499. The van der Waals surface area contributed by atoms with Gasteiger partial charge in [-0.3, -0.25) is 7.05 Å². The minimum Gasteiger partial charge on any atom is -0.457 e. The van der Waals surface area contributed by atoms with Crippen LogP contribution in [0.15, 0.2) is 0 Å². The highest BCUT2D eigenvalue weighted by atomic mass is 15.2. The summed E-state index contributed by atoms with van der Waals surface area (Å²) in [6, 6.07) is 0. The van der Waals surface area contributed by atoms with Crippen LogP contribution >= 0.6 is 0 Å². The molecule has 1 heterocycles. The summed E-state index contributed by atoms with van der Waals surface area (Å²) >= 11 is 0. The summed E-state index contributed by atoms with van der Waals surface area (Å²) in [4.78, 5) is 2.16. The molecule has 2 atom stereocenters. The molecule has 52 valence electrons. The van der Waals surface area contributed by atoms with Crippen molar-refractivity contribution in [3.05, 3.63) is 7.05 Å². The summed E-state index contributed by atoms with van der Waals surface area (Å²) in [5.41, 5.74) is 0.488. The Kier molecular flexibility index (Phi) is 0.945. The lowest BCUT2D eigenvalue weighted by atomic mass is 10.2. The highest BCUT2D eigenvalue weighted by molar-refractivity contribution is 5.16. The number of rotatable bonds is 1. The predicted molar refractivity (Wildman–Crippen MR) is 36.8 cm³/mol. The van der Waals surface area contributed by atoms with Crippen molar-refractivity contribution in [3.63, 3.8) is 0 Å². The third kappa shape index (κ3) is 0.634. The van der Waals surface area contributed by atoms with Crippen molar-refractivity contribution in [1.82, 2.24) is 10.2 Å². The molecule has 2 fully saturated rings. The molecule has 0 bridgehead atoms. The molecule has 0 aromatic rings. The largest absolute Gasteiger partial charge is 0.457 e. The Labute approximate surface area is 56.2 Å². The maximum absolute atomic E-state index is 3.90. The average molecular weight is 125 g/mol. The second-order valence-electron chi connectivity index (χ2n) is 3.32. The Hall–Kier alpha value is -0.0800. The summed E-state index contributed by atoms with van der Waals surface area (Å²) < 4.78 is 0. The molecular formula is C7H13N2-. The van der Waals surface area contributed by atoms with Crippen molar-refractivity contribution in [2.24, 2.45) is 5.92 Å². The standard InChI is InChI=1S/C7H13N2/c1-8-7-3-6(7)4-9(2)5-7/h6,8H,2-5H2,1H3/q-1/t6-,7-/m1/s1. The second kappa shape index (κ2) is 1.50. The highest BCUT2D eigenvalue weighted by Crippen LogP contribution is 2.48. The summed E-state index contributed by atoms with van der Waals surface area (Å²) in [7, 11) is 5.96. The van der Waals surface area contributed by atoms with Gasteiger partial charge in [0.25, 0.3) is 0 Å². The van der Waals surface area contributed by atoms with Crippen molar-refractivity contribution >= 4 is 0 Å². The van der Waals surface area contributed by atoms with Crippen LogP contribution < -0.4 is 5.32 Å². The van der Waals surface area contributed by atoms with E-state index in [0.29, 0.717) is 5.54 Å². The van der Waals surface area contributed by atoms with Crippen LogP contribution in [0, 0.1) is 13.0 Å². The fraction of sp³-hybridized carbons (Fsp3) is 0.857. The molecule has 0 aromatic heterocycles. The monoisotopic (exact) mass is 125 g/mol. The number of nitrogens with one attached hydrogen (secondary N) is 1. The van der Waals surface area contributed by atoms with Crippen molar-refractivity contribution in [2.75, 3.05) is 20.1 Å². The van der Waals surface area contributed by atoms with E-state index in [2.05, 4.69) is 24.3 Å². The normalized spacial score (nSPS) is 49.3. The van der Waals surface area contributed by atoms with E-state index in [4.69, 9.17) is 0 Å². The topological polar surface area (TPSA) is 15.3 Å². The molecule has 0 spiro atoms. The molecule has 2 nitrogen and oxygen atoms in total. The van der Waals surface area contributed by atoms with Gasteiger partial charge in [0.2, 0.25) is 0 Å². The first-order valence-corrected chi connectivity index (χ1v) is 3.51. The lowest BCUT2D eigenvalue weighted by Gasteiger charge is -2.21. The summed E-state index contributed by atoms with van der Waals surface area (Å²) in [5, 5.41) is 3.36. The maximum Gasteiger partial charge on any atom is 0.0326 e. The molecule has 0 radical (unpaired) electrons. The third-order valence-electron chi connectivity index (χ3n) is 2.71. The van der Waals surface area contributed by atoms with Gasteiger partial charge >= 0.3 is 0 Å². The van der Waals surface area contributed by atoms with Crippen LogP contribution in [0.2, 0.25) is 0 Å². The molecule has 0 amide bonds. The molecule has 9 heavy (non-hydrogen) atoms. The van der Waals surface area contributed by atoms with Gasteiger partial charge < -0.3 is 10.2 Å². The van der Waals surface area contributed by atoms with E-state index in [1.165, 1.54) is 13.0 Å². The zero-order chi connectivity index (χ0) is 6.48. The SMILES string of the molecule is [CH2-]N1C[C@H]2C[C@@]2(NC)C1. The van der Waals surface area contributed by atoms with Gasteiger partial charge in [-0.15, -0.1) is 0 Å². The molecule has 1 aliphatic heterocycles. The first kappa shape index (κ1) is 5.69. The van der Waals surface area contributed by atoms with Gasteiger partial charge in [0.1, 0.15) is 0 Å². The van der Waals surface area contributed by atoms with E-state index >= 15 is 0 Å². The third-order valence-corrected chi connectivity index (χ3v) is 2.71. The molecule has 2 aliphatic rings. The Bertz CT molecular complexity index is 131. The number of likely N-dealkylation sites (N-methyl/N-ethyl adjacent to an activating group) is 1. The van der Waals surface area contributed by atoms with Crippen LogP contribution in [-0.2, 0) is 0 Å². The molecule has 1 aliphatic carbocycles. The van der Waals surface area contributed by atoms with Crippen LogP contribution in [0.5, 0.6) is 0 Å². The van der Waals surface area contributed by atoms with Crippen LogP contribution in [0.3, 0.4) is 0 Å². The van der Waals surface area contributed by atoms with E-state index in [1.54, 1.807) is 0 Å². The fourth-order valence-electron chi connectivity index (χ4n) is 1.97. The number of likely N-dealkylation sites (tertiary alicyclic amines) is 1. The average Bonchev–Trinajstić information content (AvgIpc) is 2.38. The molecule has 1 N–H and O–H groups in total. The van der Waals surface area contributed by atoms with E-state index < -0.39 is 0 Å². The van der Waals surface area contributed by atoms with Gasteiger partial charge in [0.05, 0.1) is 0 Å². The highest BCUT2D eigenvalue weighted by Gasteiger charge is 2.56. The van der Waals surface area contributed by atoms with E-state index in [9.17, 15) is 0 Å². The summed E-state index contributed by atoms with van der Waals surface area (Å²) in [6.45, 7) is 2.34. The lowest BCUT2D eigenvalue weighted by molar-refractivity contribution is 0.384. The number of piperidine rings is 1. The zero-order valence-corrected chi connectivity index (χ0v) is 5.85. The Morgan fingerprint density at radius 2 is 2.56 bits per heavy atom. The Balaban J connectivity index is 2.05. The van der Waals surface area contributed by atoms with Crippen LogP contribution in [-0.4, -0.2) is 30.6 Å². The molecule has 2 heteroatoms. The van der Waals surface area contributed by atoms with Crippen molar-refractivity contribution in [2.45, 2.75) is 12.0 Å². The van der Waals surface area contributed by atoms with Crippen LogP contribution in [0.4, 0.5) is 0 Å². The molecular weight excluding hydrogens is 112 g/mol. The maximum atomic E-state index is 3.90. The van der Waals surface area contributed by atoms with Crippen LogP contribution in [0.1, 0.15) is 6.42 Å². The summed E-state index contributed by atoms with van der Waals surface area (Å²) in [6.07, 6.45) is 1.37. The molecule has 2 rings (SSSR count). The predicted octanol–water partition coefficient (Wildman–Crippen LogP) is 0.0717. The van der Waals surface area contributed by atoms with Crippen molar-refractivity contribution in [3.8, 4) is 0 Å². The molecule has 0 aromatic carbocycles. The van der Waals surface area contributed by atoms with Crippen molar-refractivity contribution in [1.29, 1.82) is 0 Å². The van der Waals surface area contributed by atoms with E-state index in [0.717, 1.165) is 12.5 Å². The van der Waals surface area contributed by atoms with E-state index in [1.807, 2.05) is 0 Å². The number of hydrogen-bond acceptors (Lipinski definition) is 2. The van der Waals surface area contributed by atoms with Gasteiger partial charge in [-0.1, -0.05) is 0 Å². The molecule has 1 saturated heterocycles. The van der Waals surface area contributed by atoms with Gasteiger partial charge in [-0.05, 0) is 32.5 Å². The summed E-state index contributed by atoms with van der Waals surface area (Å²) in [5.74, 6) is 0.903. The minimum atomic E-state index is 0.488. The first-order chi connectivity index (χ1) is 4.27. The minimum absolute atomic E-state index is 0.488. The number of hydrogen-bond donors (Lipinski definition) is 1. The molecule has 0 unspecified atom stereocenters. The lowest BCUT2D eigenvalue weighted by Crippen LogP contribution is -2.33. The Morgan fingerprint density at radius 1 is 1.78 bits per heavy atom. The zero-order valence-electron chi connectivity index (χ0n) is 5.85. The van der Waals surface area contributed by atoms with E-state index in [-0.39, 0.29) is 0 Å². The van der Waals surface area contributed by atoms with Gasteiger partial charge in [-0.25, -0.2) is 0 Å². The first-order valence-electron chi connectivity index (χ1n) is 3.51. The smallest absolute Gasteiger partial charge is 0.0326 e. The van der Waals surface area contributed by atoms with Gasteiger partial charge in [-0.2, -0.15) is 0 Å². The van der Waals surface area contributed by atoms with Crippen molar-refractivity contribution < 1.29 is 0 Å². The second-order valence-corrected chi connectivity index (χ2v) is 3.32. The van der Waals surface area contributed by atoms with Crippen LogP contribution in [0.25, 0.3) is 0 Å². The fourth-order valence-corrected chi connectivity index (χ4v) is 1.97. The van der Waals surface area contributed by atoms with Gasteiger partial charge in [0.15, 0.2) is 0 Å².